The average molecular weight is 425 g/mol. The number of nitrogens with zero attached hydrogens (tertiary/aromatic N) is 3. The van der Waals surface area contributed by atoms with Gasteiger partial charge in [-0.3, -0.25) is 4.79 Å². The number of amides is 1. The highest BCUT2D eigenvalue weighted by atomic mass is 35.5. The number of para-hydroxylation sites is 1. The molecule has 0 bridgehead atoms. The van der Waals surface area contributed by atoms with E-state index in [4.69, 9.17) is 5.10 Å². The summed E-state index contributed by atoms with van der Waals surface area (Å²) in [4.78, 5) is 15.3. The van der Waals surface area contributed by atoms with Gasteiger partial charge in [-0.15, -0.1) is 12.4 Å². The topological polar surface area (TPSA) is 50.2 Å². The van der Waals surface area contributed by atoms with Gasteiger partial charge in [-0.25, -0.2) is 4.68 Å². The summed E-state index contributed by atoms with van der Waals surface area (Å²) in [5.41, 5.74) is 6.11. The Morgan fingerprint density at radius 1 is 1.03 bits per heavy atom. The fourth-order valence-corrected chi connectivity index (χ4v) is 4.08. The molecule has 158 valence electrons. The molecule has 1 aromatic heterocycles. The average Bonchev–Trinajstić information content (AvgIpc) is 3.17. The molecule has 0 saturated heterocycles. The highest BCUT2D eigenvalue weighted by Crippen LogP contribution is 2.36. The molecule has 1 N–H and O–H groups in total. The number of carbonyl (C=O) groups is 1. The maximum absolute atomic E-state index is 13.0. The zero-order valence-electron chi connectivity index (χ0n) is 17.6. The molecule has 0 fully saturated rings. The Morgan fingerprint density at radius 3 is 2.47 bits per heavy atom. The SMILES string of the molecule is CCN(CC)CCNC(=O)c1nn(-c2ccccc2)c2c1CCc1ccccc1-2.Cl. The van der Waals surface area contributed by atoms with Crippen molar-refractivity contribution in [3.63, 3.8) is 0 Å². The van der Waals surface area contributed by atoms with Crippen molar-refractivity contribution in [2.24, 2.45) is 0 Å². The lowest BCUT2D eigenvalue weighted by molar-refractivity contribution is 0.0942. The molecule has 0 saturated carbocycles. The van der Waals surface area contributed by atoms with E-state index in [2.05, 4.69) is 48.3 Å². The molecule has 30 heavy (non-hydrogen) atoms. The summed E-state index contributed by atoms with van der Waals surface area (Å²) in [6.07, 6.45) is 1.77. The number of fused-ring (bicyclic) bond motifs is 3. The molecule has 1 aliphatic carbocycles. The number of aromatic nitrogens is 2. The highest BCUT2D eigenvalue weighted by Gasteiger charge is 2.28. The van der Waals surface area contributed by atoms with Crippen molar-refractivity contribution in [1.29, 1.82) is 0 Å². The maximum atomic E-state index is 13.0. The Morgan fingerprint density at radius 2 is 1.73 bits per heavy atom. The van der Waals surface area contributed by atoms with Gasteiger partial charge in [0.2, 0.25) is 0 Å². The number of rotatable bonds is 7. The molecule has 0 aliphatic heterocycles. The summed E-state index contributed by atoms with van der Waals surface area (Å²) in [5, 5.41) is 7.87. The first-order chi connectivity index (χ1) is 14.2. The molecule has 0 atom stereocenters. The van der Waals surface area contributed by atoms with E-state index in [1.54, 1.807) is 0 Å². The molecule has 2 aromatic carbocycles. The summed E-state index contributed by atoms with van der Waals surface area (Å²) in [6.45, 7) is 7.73. The third-order valence-electron chi connectivity index (χ3n) is 5.72. The molecule has 1 aliphatic rings. The van der Waals surface area contributed by atoms with Crippen molar-refractivity contribution in [2.75, 3.05) is 26.2 Å². The number of aryl methyl sites for hydroxylation is 1. The van der Waals surface area contributed by atoms with Gasteiger partial charge < -0.3 is 10.2 Å². The third-order valence-corrected chi connectivity index (χ3v) is 5.72. The third kappa shape index (κ3) is 4.27. The van der Waals surface area contributed by atoms with Gasteiger partial charge in [0.1, 0.15) is 0 Å². The molecule has 1 amide bonds. The Balaban J connectivity index is 0.00000256. The van der Waals surface area contributed by atoms with Crippen LogP contribution in [0.4, 0.5) is 0 Å². The van der Waals surface area contributed by atoms with Gasteiger partial charge in [-0.1, -0.05) is 56.3 Å². The van der Waals surface area contributed by atoms with Crippen LogP contribution in [0, 0.1) is 0 Å². The van der Waals surface area contributed by atoms with Crippen LogP contribution in [0.5, 0.6) is 0 Å². The van der Waals surface area contributed by atoms with Gasteiger partial charge in [0.05, 0.1) is 11.4 Å². The van der Waals surface area contributed by atoms with Gasteiger partial charge in [-0.2, -0.15) is 5.10 Å². The highest BCUT2D eigenvalue weighted by molar-refractivity contribution is 5.96. The predicted molar refractivity (Wildman–Crippen MR) is 124 cm³/mol. The lowest BCUT2D eigenvalue weighted by Crippen LogP contribution is -2.35. The summed E-state index contributed by atoms with van der Waals surface area (Å²) in [7, 11) is 0. The fourth-order valence-electron chi connectivity index (χ4n) is 4.08. The van der Waals surface area contributed by atoms with E-state index in [9.17, 15) is 4.79 Å². The van der Waals surface area contributed by atoms with Crippen molar-refractivity contribution in [2.45, 2.75) is 26.7 Å². The zero-order valence-corrected chi connectivity index (χ0v) is 18.4. The minimum absolute atomic E-state index is 0. The number of benzene rings is 2. The second kappa shape index (κ2) is 9.92. The Kier molecular flexibility index (Phi) is 7.29. The summed E-state index contributed by atoms with van der Waals surface area (Å²) >= 11 is 0. The molecule has 1 heterocycles. The van der Waals surface area contributed by atoms with Crippen LogP contribution in [0.2, 0.25) is 0 Å². The molecule has 0 spiro atoms. The number of carbonyl (C=O) groups excluding carboxylic acids is 1. The Bertz CT molecular complexity index is 996. The zero-order chi connectivity index (χ0) is 20.2. The van der Waals surface area contributed by atoms with Gasteiger partial charge in [0, 0.05) is 24.2 Å². The number of likely N-dealkylation sites (N-methyl/N-ethyl adjacent to an activating group) is 1. The van der Waals surface area contributed by atoms with Gasteiger partial charge in [0.25, 0.3) is 5.91 Å². The standard InChI is InChI=1S/C24H28N4O.ClH/c1-3-27(4-2)17-16-25-24(29)22-21-15-14-18-10-8-9-13-20(18)23(21)28(26-22)19-11-6-5-7-12-19;/h5-13H,3-4,14-17H2,1-2H3,(H,25,29);1H. The molecule has 6 heteroatoms. The van der Waals surface area contributed by atoms with E-state index >= 15 is 0 Å². The van der Waals surface area contributed by atoms with E-state index in [0.717, 1.165) is 49.4 Å². The van der Waals surface area contributed by atoms with Crippen molar-refractivity contribution in [3.8, 4) is 16.9 Å². The van der Waals surface area contributed by atoms with Crippen LogP contribution in [0.15, 0.2) is 54.6 Å². The van der Waals surface area contributed by atoms with Crippen LogP contribution in [-0.4, -0.2) is 46.8 Å². The number of hydrogen-bond acceptors (Lipinski definition) is 3. The van der Waals surface area contributed by atoms with E-state index in [0.29, 0.717) is 12.2 Å². The van der Waals surface area contributed by atoms with Crippen LogP contribution in [0.25, 0.3) is 16.9 Å². The molecular formula is C24H29ClN4O. The van der Waals surface area contributed by atoms with Crippen LogP contribution in [-0.2, 0) is 12.8 Å². The van der Waals surface area contributed by atoms with E-state index in [-0.39, 0.29) is 18.3 Å². The molecule has 5 nitrogen and oxygen atoms in total. The Labute approximate surface area is 184 Å². The lowest BCUT2D eigenvalue weighted by atomic mass is 9.88. The second-order valence-corrected chi connectivity index (χ2v) is 7.36. The predicted octanol–water partition coefficient (Wildman–Crippen LogP) is 4.13. The molecular weight excluding hydrogens is 396 g/mol. The van der Waals surface area contributed by atoms with E-state index in [1.165, 1.54) is 11.1 Å². The maximum Gasteiger partial charge on any atom is 0.272 e. The normalized spacial score (nSPS) is 12.1. The van der Waals surface area contributed by atoms with Crippen molar-refractivity contribution in [3.05, 3.63) is 71.4 Å². The Hall–Kier alpha value is -2.63. The van der Waals surface area contributed by atoms with Crippen LogP contribution >= 0.6 is 12.4 Å². The molecule has 0 unspecified atom stereocenters. The smallest absolute Gasteiger partial charge is 0.272 e. The van der Waals surface area contributed by atoms with Crippen molar-refractivity contribution in [1.82, 2.24) is 20.0 Å². The van der Waals surface area contributed by atoms with Gasteiger partial charge in [0.15, 0.2) is 5.69 Å². The summed E-state index contributed by atoms with van der Waals surface area (Å²) < 4.78 is 1.94. The minimum atomic E-state index is -0.0810. The van der Waals surface area contributed by atoms with Gasteiger partial charge >= 0.3 is 0 Å². The number of nitrogens with one attached hydrogen (secondary N) is 1. The second-order valence-electron chi connectivity index (χ2n) is 7.36. The first kappa shape index (κ1) is 22.1. The van der Waals surface area contributed by atoms with Crippen LogP contribution in [0.1, 0.15) is 35.5 Å². The van der Waals surface area contributed by atoms with Crippen molar-refractivity contribution >= 4 is 18.3 Å². The first-order valence-corrected chi connectivity index (χ1v) is 10.5. The first-order valence-electron chi connectivity index (χ1n) is 10.5. The fraction of sp³-hybridized carbons (Fsp3) is 0.333. The molecule has 3 aromatic rings. The van der Waals surface area contributed by atoms with Crippen LogP contribution in [0.3, 0.4) is 0 Å². The monoisotopic (exact) mass is 424 g/mol. The summed E-state index contributed by atoms with van der Waals surface area (Å²) in [6, 6.07) is 18.5. The largest absolute Gasteiger partial charge is 0.349 e. The number of hydrogen-bond donors (Lipinski definition) is 1. The lowest BCUT2D eigenvalue weighted by Gasteiger charge is -2.19. The molecule has 4 rings (SSSR count). The van der Waals surface area contributed by atoms with Crippen molar-refractivity contribution < 1.29 is 4.79 Å². The number of halogens is 1. The van der Waals surface area contributed by atoms with E-state index < -0.39 is 0 Å². The molecule has 0 radical (unpaired) electrons. The van der Waals surface area contributed by atoms with Crippen LogP contribution < -0.4 is 5.32 Å². The minimum Gasteiger partial charge on any atom is -0.349 e. The quantitative estimate of drug-likeness (QED) is 0.620. The van der Waals surface area contributed by atoms with Gasteiger partial charge in [-0.05, 0) is 43.6 Å². The van der Waals surface area contributed by atoms with E-state index in [1.807, 2.05) is 35.0 Å². The summed E-state index contributed by atoms with van der Waals surface area (Å²) in [5.74, 6) is -0.0810.